The first-order valence-corrected chi connectivity index (χ1v) is 5.88. The van der Waals surface area contributed by atoms with Crippen LogP contribution in [0.4, 0.5) is 4.39 Å². The summed E-state index contributed by atoms with van der Waals surface area (Å²) in [7, 11) is -1.86. The maximum absolute atomic E-state index is 13.5. The topological polar surface area (TPSA) is 73.5 Å². The van der Waals surface area contributed by atoms with Gasteiger partial charge in [-0.2, -0.15) is 5.26 Å². The minimum atomic E-state index is -1.86. The number of hydrogen-bond acceptors (Lipinski definition) is 4. The fraction of sp³-hybridized carbons (Fsp3) is 0.0714. The van der Waals surface area contributed by atoms with Crippen molar-refractivity contribution < 1.29 is 19.2 Å². The van der Waals surface area contributed by atoms with E-state index in [0.717, 1.165) is 6.07 Å². The highest BCUT2D eigenvalue weighted by Crippen LogP contribution is 2.15. The Morgan fingerprint density at radius 2 is 1.95 bits per heavy atom. The standard InChI is InChI=1S/C14H11BFNO3/c16-14-7-12(5-6-13(14)15(18)19)20-9-11-4-2-1-3-10(11)8-17/h1-7,18-19H,9H2. The molecule has 0 spiro atoms. The summed E-state index contributed by atoms with van der Waals surface area (Å²) in [6.07, 6.45) is 0. The van der Waals surface area contributed by atoms with Crippen LogP contribution in [0.15, 0.2) is 42.5 Å². The smallest absolute Gasteiger partial charge is 0.489 e. The Morgan fingerprint density at radius 1 is 1.20 bits per heavy atom. The van der Waals surface area contributed by atoms with Gasteiger partial charge in [0.05, 0.1) is 11.6 Å². The molecule has 0 aliphatic rings. The highest BCUT2D eigenvalue weighted by atomic mass is 19.1. The van der Waals surface area contributed by atoms with Crippen molar-refractivity contribution in [1.82, 2.24) is 0 Å². The van der Waals surface area contributed by atoms with Gasteiger partial charge in [0.25, 0.3) is 0 Å². The van der Waals surface area contributed by atoms with Gasteiger partial charge in [-0.05, 0) is 12.1 Å². The number of hydrogen-bond donors (Lipinski definition) is 2. The summed E-state index contributed by atoms with van der Waals surface area (Å²) >= 11 is 0. The molecule has 2 aromatic carbocycles. The molecule has 0 saturated heterocycles. The summed E-state index contributed by atoms with van der Waals surface area (Å²) in [4.78, 5) is 0. The van der Waals surface area contributed by atoms with Crippen LogP contribution in [-0.4, -0.2) is 17.2 Å². The average Bonchev–Trinajstić information content (AvgIpc) is 2.45. The van der Waals surface area contributed by atoms with Crippen molar-refractivity contribution in [3.63, 3.8) is 0 Å². The SMILES string of the molecule is N#Cc1ccccc1COc1ccc(B(O)O)c(F)c1. The minimum absolute atomic E-state index is 0.129. The number of rotatable bonds is 4. The van der Waals surface area contributed by atoms with Gasteiger partial charge in [0.15, 0.2) is 0 Å². The fourth-order valence-corrected chi connectivity index (χ4v) is 1.72. The Kier molecular flexibility index (Phi) is 4.36. The zero-order chi connectivity index (χ0) is 14.5. The first-order valence-electron chi connectivity index (χ1n) is 5.88. The molecular formula is C14H11BFNO3. The maximum Gasteiger partial charge on any atom is 0.491 e. The summed E-state index contributed by atoms with van der Waals surface area (Å²) in [5.41, 5.74) is 0.979. The number of benzene rings is 2. The predicted octanol–water partition coefficient (Wildman–Crippen LogP) is 0.956. The lowest BCUT2D eigenvalue weighted by atomic mass is 9.80. The molecule has 2 N–H and O–H groups in total. The van der Waals surface area contributed by atoms with Crippen molar-refractivity contribution in [2.75, 3.05) is 0 Å². The lowest BCUT2D eigenvalue weighted by Crippen LogP contribution is -2.32. The van der Waals surface area contributed by atoms with E-state index in [2.05, 4.69) is 0 Å². The Bertz CT molecular complexity index is 655. The molecular weight excluding hydrogens is 260 g/mol. The van der Waals surface area contributed by atoms with Crippen molar-refractivity contribution in [3.8, 4) is 11.8 Å². The van der Waals surface area contributed by atoms with Crippen molar-refractivity contribution in [2.45, 2.75) is 6.61 Å². The third-order valence-corrected chi connectivity index (χ3v) is 2.78. The number of nitriles is 1. The summed E-state index contributed by atoms with van der Waals surface area (Å²) < 4.78 is 18.9. The number of ether oxygens (including phenoxy) is 1. The molecule has 0 unspecified atom stereocenters. The first-order chi connectivity index (χ1) is 9.61. The van der Waals surface area contributed by atoms with Crippen LogP contribution in [0.25, 0.3) is 0 Å². The molecule has 2 rings (SSSR count). The lowest BCUT2D eigenvalue weighted by molar-refractivity contribution is 0.304. The zero-order valence-corrected chi connectivity index (χ0v) is 10.5. The average molecular weight is 271 g/mol. The summed E-state index contributed by atoms with van der Waals surface area (Å²) in [6, 6.07) is 12.8. The molecule has 4 nitrogen and oxygen atoms in total. The molecule has 0 aliphatic heterocycles. The van der Waals surface area contributed by atoms with Crippen LogP contribution in [0.3, 0.4) is 0 Å². The van der Waals surface area contributed by atoms with Gasteiger partial charge >= 0.3 is 7.12 Å². The van der Waals surface area contributed by atoms with E-state index >= 15 is 0 Å². The molecule has 0 aliphatic carbocycles. The number of halogens is 1. The van der Waals surface area contributed by atoms with Gasteiger partial charge in [-0.25, -0.2) is 4.39 Å². The first kappa shape index (κ1) is 14.1. The van der Waals surface area contributed by atoms with Gasteiger partial charge < -0.3 is 14.8 Å². The van der Waals surface area contributed by atoms with E-state index in [-0.39, 0.29) is 17.8 Å². The largest absolute Gasteiger partial charge is 0.491 e. The van der Waals surface area contributed by atoms with Gasteiger partial charge in [0.1, 0.15) is 18.2 Å². The summed E-state index contributed by atoms with van der Waals surface area (Å²) in [6.45, 7) is 0.129. The second-order valence-corrected chi connectivity index (χ2v) is 4.11. The van der Waals surface area contributed by atoms with Crippen molar-refractivity contribution in [1.29, 1.82) is 5.26 Å². The predicted molar refractivity (Wildman–Crippen MR) is 71.7 cm³/mol. The minimum Gasteiger partial charge on any atom is -0.489 e. The van der Waals surface area contributed by atoms with E-state index in [4.69, 9.17) is 20.0 Å². The van der Waals surface area contributed by atoms with Crippen LogP contribution < -0.4 is 10.2 Å². The maximum atomic E-state index is 13.5. The van der Waals surface area contributed by atoms with Crippen molar-refractivity contribution in [2.24, 2.45) is 0 Å². The van der Waals surface area contributed by atoms with E-state index in [9.17, 15) is 4.39 Å². The monoisotopic (exact) mass is 271 g/mol. The zero-order valence-electron chi connectivity index (χ0n) is 10.5. The molecule has 0 saturated carbocycles. The van der Waals surface area contributed by atoms with Gasteiger partial charge in [-0.1, -0.05) is 24.3 Å². The molecule has 0 amide bonds. The number of nitrogens with zero attached hydrogens (tertiary/aromatic N) is 1. The van der Waals surface area contributed by atoms with E-state index < -0.39 is 12.9 Å². The second kappa shape index (κ2) is 6.19. The van der Waals surface area contributed by atoms with Crippen LogP contribution in [0, 0.1) is 17.1 Å². The van der Waals surface area contributed by atoms with Crippen molar-refractivity contribution >= 4 is 12.6 Å². The molecule has 6 heteroatoms. The Morgan fingerprint density at radius 3 is 2.60 bits per heavy atom. The molecule has 100 valence electrons. The summed E-state index contributed by atoms with van der Waals surface area (Å²) in [5, 5.41) is 26.8. The van der Waals surface area contributed by atoms with Crippen LogP contribution in [0.5, 0.6) is 5.75 Å². The van der Waals surface area contributed by atoms with E-state index in [1.807, 2.05) is 6.07 Å². The normalized spacial score (nSPS) is 9.90. The molecule has 20 heavy (non-hydrogen) atoms. The molecule has 0 radical (unpaired) electrons. The molecule has 0 atom stereocenters. The van der Waals surface area contributed by atoms with Gasteiger partial charge in [-0.15, -0.1) is 0 Å². The van der Waals surface area contributed by atoms with Crippen LogP contribution in [0.1, 0.15) is 11.1 Å². The Labute approximate surface area is 115 Å². The Balaban J connectivity index is 2.12. The highest BCUT2D eigenvalue weighted by molar-refractivity contribution is 6.58. The second-order valence-electron chi connectivity index (χ2n) is 4.11. The van der Waals surface area contributed by atoms with Crippen LogP contribution in [0.2, 0.25) is 0 Å². The Hall–Kier alpha value is -2.36. The quantitative estimate of drug-likeness (QED) is 0.812. The molecule has 2 aromatic rings. The third kappa shape index (κ3) is 3.15. The van der Waals surface area contributed by atoms with Crippen molar-refractivity contribution in [3.05, 3.63) is 59.4 Å². The highest BCUT2D eigenvalue weighted by Gasteiger charge is 2.16. The molecule has 0 fully saturated rings. The van der Waals surface area contributed by atoms with Gasteiger partial charge in [0.2, 0.25) is 0 Å². The van der Waals surface area contributed by atoms with E-state index in [1.54, 1.807) is 24.3 Å². The van der Waals surface area contributed by atoms with E-state index in [1.165, 1.54) is 12.1 Å². The fourth-order valence-electron chi connectivity index (χ4n) is 1.72. The van der Waals surface area contributed by atoms with Crippen LogP contribution in [-0.2, 0) is 6.61 Å². The van der Waals surface area contributed by atoms with Crippen LogP contribution >= 0.6 is 0 Å². The van der Waals surface area contributed by atoms with Gasteiger partial charge in [-0.3, -0.25) is 0 Å². The molecule has 0 heterocycles. The molecule has 0 bridgehead atoms. The van der Waals surface area contributed by atoms with Gasteiger partial charge in [0, 0.05) is 17.1 Å². The lowest BCUT2D eigenvalue weighted by Gasteiger charge is -2.09. The third-order valence-electron chi connectivity index (χ3n) is 2.78. The van der Waals surface area contributed by atoms with E-state index in [0.29, 0.717) is 11.1 Å². The summed E-state index contributed by atoms with van der Waals surface area (Å²) in [5.74, 6) is -0.509. The molecule has 0 aromatic heterocycles.